The molecule has 0 bridgehead atoms. The minimum atomic E-state index is -0.283. The van der Waals surface area contributed by atoms with E-state index in [4.69, 9.17) is 4.74 Å². The largest absolute Gasteiger partial charge is 0.465 e. The maximum Gasteiger partial charge on any atom is 0.350 e. The number of esters is 1. The number of hydrogen-bond donors (Lipinski definition) is 0. The van der Waals surface area contributed by atoms with Gasteiger partial charge in [0.05, 0.1) is 31.2 Å². The van der Waals surface area contributed by atoms with Crippen molar-refractivity contribution in [3.63, 3.8) is 0 Å². The first-order valence-electron chi connectivity index (χ1n) is 10.6. The van der Waals surface area contributed by atoms with Crippen LogP contribution in [0.5, 0.6) is 0 Å². The third-order valence-electron chi connectivity index (χ3n) is 6.17. The quantitative estimate of drug-likeness (QED) is 0.620. The lowest BCUT2D eigenvalue weighted by atomic mass is 9.78. The Hall–Kier alpha value is -2.15. The molecule has 0 amide bonds. The molecule has 4 rings (SSSR count). The second-order valence-corrected chi connectivity index (χ2v) is 9.93. The molecule has 0 N–H and O–H groups in total. The van der Waals surface area contributed by atoms with Crippen molar-refractivity contribution in [2.45, 2.75) is 71.3 Å². The number of aromatic nitrogens is 3. The van der Waals surface area contributed by atoms with Crippen LogP contribution in [0.15, 0.2) is 24.5 Å². The lowest BCUT2D eigenvalue weighted by Crippen LogP contribution is -2.42. The zero-order chi connectivity index (χ0) is 20.4. The summed E-state index contributed by atoms with van der Waals surface area (Å²) in [7, 11) is 1.45. The van der Waals surface area contributed by atoms with Crippen molar-refractivity contribution in [1.82, 2.24) is 15.1 Å². The third kappa shape index (κ3) is 4.25. The van der Waals surface area contributed by atoms with Gasteiger partial charge in [-0.2, -0.15) is 4.79 Å². The summed E-state index contributed by atoms with van der Waals surface area (Å²) in [6, 6.07) is 2.47. The molecule has 0 spiro atoms. The lowest BCUT2D eigenvalue weighted by molar-refractivity contribution is 0.0606. The van der Waals surface area contributed by atoms with Gasteiger partial charge in [0.2, 0.25) is 0 Å². The molecule has 1 saturated carbocycles. The van der Waals surface area contributed by atoms with Crippen LogP contribution in [0.4, 0.5) is 5.69 Å². The highest BCUT2D eigenvalue weighted by Gasteiger charge is 2.31. The Balaban J connectivity index is 1.76. The van der Waals surface area contributed by atoms with Gasteiger partial charge in [-0.1, -0.05) is 39.2 Å². The van der Waals surface area contributed by atoms with Gasteiger partial charge in [-0.25, -0.2) is 4.79 Å². The molecule has 156 valence electrons. The molecule has 0 atom stereocenters. The lowest BCUT2D eigenvalue weighted by Gasteiger charge is -2.34. The predicted octanol–water partition coefficient (Wildman–Crippen LogP) is 5.32. The molecule has 2 aliphatic rings. The van der Waals surface area contributed by atoms with E-state index in [1.165, 1.54) is 31.9 Å². The van der Waals surface area contributed by atoms with Crippen LogP contribution in [0, 0.1) is 5.41 Å². The standard InChI is InChI=1S/C22H30N4O2S/c1-22(2)11-9-16(10-12-22)19-15-18(20(29-19)21(27)28-3)26(25-14-13-23-24-25)17-7-5-4-6-8-17/h9,13-15,17H,4-8,10-12H2,1-3H3. The SMILES string of the molecule is COC(=O)c1sc(C2=CCC(C)(C)CC2)cc1N(C1CCCCC1)n1ccnn1. The summed E-state index contributed by atoms with van der Waals surface area (Å²) in [5.41, 5.74) is 2.58. The number of nitrogens with zero attached hydrogens (tertiary/aromatic N) is 4. The van der Waals surface area contributed by atoms with Crippen LogP contribution in [0.1, 0.15) is 79.8 Å². The van der Waals surface area contributed by atoms with Crippen LogP contribution in [-0.4, -0.2) is 34.2 Å². The molecular formula is C22H30N4O2S. The van der Waals surface area contributed by atoms with Crippen LogP contribution in [-0.2, 0) is 4.74 Å². The van der Waals surface area contributed by atoms with Crippen molar-refractivity contribution in [2.24, 2.45) is 5.41 Å². The van der Waals surface area contributed by atoms with Crippen molar-refractivity contribution in [3.05, 3.63) is 34.3 Å². The monoisotopic (exact) mass is 414 g/mol. The molecule has 1 fully saturated rings. The highest BCUT2D eigenvalue weighted by atomic mass is 32.1. The Morgan fingerprint density at radius 3 is 2.72 bits per heavy atom. The molecule has 2 aromatic heterocycles. The molecule has 2 heterocycles. The van der Waals surface area contributed by atoms with E-state index in [9.17, 15) is 4.79 Å². The Morgan fingerprint density at radius 1 is 1.31 bits per heavy atom. The molecule has 0 unspecified atom stereocenters. The van der Waals surface area contributed by atoms with E-state index >= 15 is 0 Å². The molecule has 0 saturated heterocycles. The van der Waals surface area contributed by atoms with Crippen LogP contribution in [0.3, 0.4) is 0 Å². The summed E-state index contributed by atoms with van der Waals surface area (Å²) in [6.45, 7) is 4.63. The minimum absolute atomic E-state index is 0.283. The number of thiophene rings is 1. The first-order valence-corrected chi connectivity index (χ1v) is 11.4. The van der Waals surface area contributed by atoms with E-state index in [-0.39, 0.29) is 5.97 Å². The van der Waals surface area contributed by atoms with Gasteiger partial charge in [-0.15, -0.1) is 16.4 Å². The molecule has 7 heteroatoms. The van der Waals surface area contributed by atoms with Gasteiger partial charge < -0.3 is 4.74 Å². The van der Waals surface area contributed by atoms with Gasteiger partial charge in [0.15, 0.2) is 0 Å². The van der Waals surface area contributed by atoms with Crippen LogP contribution in [0.2, 0.25) is 0 Å². The molecule has 2 aromatic rings. The van der Waals surface area contributed by atoms with Crippen molar-refractivity contribution >= 4 is 28.6 Å². The molecule has 2 aliphatic carbocycles. The van der Waals surface area contributed by atoms with E-state index in [0.29, 0.717) is 16.3 Å². The first-order chi connectivity index (χ1) is 14.0. The number of allylic oxidation sites excluding steroid dienone is 2. The molecule has 0 aliphatic heterocycles. The van der Waals surface area contributed by atoms with E-state index < -0.39 is 0 Å². The highest BCUT2D eigenvalue weighted by molar-refractivity contribution is 7.15. The summed E-state index contributed by atoms with van der Waals surface area (Å²) >= 11 is 1.54. The maximum atomic E-state index is 12.7. The number of carbonyl (C=O) groups is 1. The number of rotatable bonds is 5. The predicted molar refractivity (Wildman–Crippen MR) is 116 cm³/mol. The first kappa shape index (κ1) is 20.1. The van der Waals surface area contributed by atoms with Crippen molar-refractivity contribution in [1.29, 1.82) is 0 Å². The van der Waals surface area contributed by atoms with Gasteiger partial charge in [-0.3, -0.25) is 5.01 Å². The van der Waals surface area contributed by atoms with Gasteiger partial charge >= 0.3 is 5.97 Å². The fourth-order valence-electron chi connectivity index (χ4n) is 4.37. The molecular weight excluding hydrogens is 384 g/mol. The van der Waals surface area contributed by atoms with Gasteiger partial charge in [0, 0.05) is 4.88 Å². The number of carbonyl (C=O) groups excluding carboxylic acids is 1. The number of hydrogen-bond acceptors (Lipinski definition) is 6. The fourth-order valence-corrected chi connectivity index (χ4v) is 5.50. The second-order valence-electron chi connectivity index (χ2n) is 8.87. The Bertz CT molecular complexity index is 879. The Labute approximate surface area is 176 Å². The van der Waals surface area contributed by atoms with Gasteiger partial charge in [0.1, 0.15) is 4.88 Å². The molecule has 0 radical (unpaired) electrons. The average Bonchev–Trinajstić information content (AvgIpc) is 3.39. The number of ether oxygens (including phenoxy) is 1. The van der Waals surface area contributed by atoms with Crippen molar-refractivity contribution in [2.75, 3.05) is 12.1 Å². The van der Waals surface area contributed by atoms with Gasteiger partial charge in [0.25, 0.3) is 0 Å². The normalized spacial score (nSPS) is 19.6. The molecule has 29 heavy (non-hydrogen) atoms. The Kier molecular flexibility index (Phi) is 5.76. The van der Waals surface area contributed by atoms with E-state index in [2.05, 4.69) is 41.3 Å². The van der Waals surface area contributed by atoms with Crippen molar-refractivity contribution < 1.29 is 9.53 Å². The van der Waals surface area contributed by atoms with Gasteiger partial charge in [-0.05, 0) is 54.4 Å². The third-order valence-corrected chi connectivity index (χ3v) is 7.35. The van der Waals surface area contributed by atoms with Crippen LogP contribution < -0.4 is 5.01 Å². The summed E-state index contributed by atoms with van der Waals surface area (Å²) in [4.78, 5) is 16.3. The number of methoxy groups -OCH3 is 1. The van der Waals surface area contributed by atoms with E-state index in [0.717, 1.165) is 42.7 Å². The maximum absolute atomic E-state index is 12.7. The summed E-state index contributed by atoms with van der Waals surface area (Å²) in [5, 5.41) is 10.4. The Morgan fingerprint density at radius 2 is 2.10 bits per heavy atom. The van der Waals surface area contributed by atoms with Crippen molar-refractivity contribution in [3.8, 4) is 0 Å². The smallest absolute Gasteiger partial charge is 0.350 e. The summed E-state index contributed by atoms with van der Waals surface area (Å²) in [5.74, 6) is -0.283. The zero-order valence-electron chi connectivity index (χ0n) is 17.6. The van der Waals surface area contributed by atoms with Crippen LogP contribution >= 0.6 is 11.3 Å². The summed E-state index contributed by atoms with van der Waals surface area (Å²) < 4.78 is 5.15. The minimum Gasteiger partial charge on any atom is -0.465 e. The molecule has 0 aromatic carbocycles. The fraction of sp³-hybridized carbons (Fsp3) is 0.591. The molecule has 6 nitrogen and oxygen atoms in total. The second kappa shape index (κ2) is 8.30. The van der Waals surface area contributed by atoms with Crippen LogP contribution in [0.25, 0.3) is 5.57 Å². The highest BCUT2D eigenvalue weighted by Crippen LogP contribution is 2.43. The van der Waals surface area contributed by atoms with E-state index in [1.54, 1.807) is 22.3 Å². The topological polar surface area (TPSA) is 60.2 Å². The number of anilines is 1. The zero-order valence-corrected chi connectivity index (χ0v) is 18.4. The summed E-state index contributed by atoms with van der Waals surface area (Å²) in [6.07, 6.45) is 15.0. The van der Waals surface area contributed by atoms with E-state index in [1.807, 2.05) is 6.20 Å². The average molecular weight is 415 g/mol.